The molecule has 1 fully saturated rings. The summed E-state index contributed by atoms with van der Waals surface area (Å²) in [7, 11) is 0. The van der Waals surface area contributed by atoms with Gasteiger partial charge in [-0.1, -0.05) is 0 Å². The second kappa shape index (κ2) is 3.45. The van der Waals surface area contributed by atoms with Crippen LogP contribution in [0.15, 0.2) is 18.3 Å². The molecule has 1 aromatic rings. The molecule has 0 aromatic carbocycles. The third-order valence-corrected chi connectivity index (χ3v) is 3.26. The first-order valence-electron chi connectivity index (χ1n) is 5.15. The fraction of sp³-hybridized carbons (Fsp3) is 0.545. The Balaban J connectivity index is 2.27. The third-order valence-electron chi connectivity index (χ3n) is 3.26. The fourth-order valence-electron chi connectivity index (χ4n) is 1.94. The minimum atomic E-state index is -4.32. The van der Waals surface area contributed by atoms with Crippen LogP contribution in [0, 0.1) is 0 Å². The summed E-state index contributed by atoms with van der Waals surface area (Å²) in [5.41, 5.74) is 5.60. The van der Waals surface area contributed by atoms with E-state index >= 15 is 0 Å². The summed E-state index contributed by atoms with van der Waals surface area (Å²) in [6, 6.07) is 2.45. The number of hydrogen-bond acceptors (Lipinski definition) is 2. The average molecular weight is 230 g/mol. The number of aromatic nitrogens is 1. The Labute approximate surface area is 91.7 Å². The van der Waals surface area contributed by atoms with E-state index in [2.05, 4.69) is 4.98 Å². The van der Waals surface area contributed by atoms with Gasteiger partial charge in [0.1, 0.15) is 0 Å². The van der Waals surface area contributed by atoms with Gasteiger partial charge >= 0.3 is 6.18 Å². The maximum absolute atomic E-state index is 12.3. The van der Waals surface area contributed by atoms with Crippen LogP contribution in [0.1, 0.15) is 31.0 Å². The van der Waals surface area contributed by atoms with E-state index in [0.717, 1.165) is 25.1 Å². The van der Waals surface area contributed by atoms with Crippen LogP contribution in [-0.4, -0.2) is 11.0 Å². The van der Waals surface area contributed by atoms with E-state index in [1.54, 1.807) is 0 Å². The highest BCUT2D eigenvalue weighted by Crippen LogP contribution is 2.49. The molecule has 2 rings (SSSR count). The smallest absolute Gasteiger partial charge is 0.327 e. The van der Waals surface area contributed by atoms with E-state index in [0.29, 0.717) is 5.69 Å². The van der Waals surface area contributed by atoms with Crippen molar-refractivity contribution < 1.29 is 13.2 Å². The number of hydrogen-bond donors (Lipinski definition) is 1. The van der Waals surface area contributed by atoms with Gasteiger partial charge in [-0.3, -0.25) is 4.98 Å². The number of nitrogens with zero attached hydrogens (tertiary/aromatic N) is 1. The molecule has 1 aliphatic carbocycles. The molecule has 0 radical (unpaired) electrons. The molecular formula is C11H13F3N2. The van der Waals surface area contributed by atoms with Gasteiger partial charge in [0.05, 0.1) is 5.56 Å². The van der Waals surface area contributed by atoms with Crippen LogP contribution in [0.3, 0.4) is 0 Å². The van der Waals surface area contributed by atoms with Gasteiger partial charge in [-0.05, 0) is 31.9 Å². The van der Waals surface area contributed by atoms with E-state index in [-0.39, 0.29) is 11.5 Å². The van der Waals surface area contributed by atoms with Crippen LogP contribution in [0.5, 0.6) is 0 Å². The van der Waals surface area contributed by atoms with Gasteiger partial charge in [0.25, 0.3) is 0 Å². The lowest BCUT2D eigenvalue weighted by molar-refractivity contribution is -0.137. The topological polar surface area (TPSA) is 38.9 Å². The normalized spacial score (nSPS) is 20.6. The number of rotatable bonds is 2. The first kappa shape index (κ1) is 11.4. The standard InChI is InChI=1S/C11H13F3N2/c1-7(15)10(4-5-10)9-3-2-8(6-16-9)11(12,13)14/h2-3,6-7H,4-5,15H2,1H3. The molecule has 1 aliphatic rings. The van der Waals surface area contributed by atoms with Gasteiger partial charge in [-0.25, -0.2) is 0 Å². The van der Waals surface area contributed by atoms with Gasteiger partial charge in [-0.15, -0.1) is 0 Å². The summed E-state index contributed by atoms with van der Waals surface area (Å²) in [6.45, 7) is 1.87. The van der Waals surface area contributed by atoms with Crippen molar-refractivity contribution in [2.75, 3.05) is 0 Å². The van der Waals surface area contributed by atoms with Crippen molar-refractivity contribution in [1.29, 1.82) is 0 Å². The SMILES string of the molecule is CC(N)C1(c2ccc(C(F)(F)F)cn2)CC1. The lowest BCUT2D eigenvalue weighted by Crippen LogP contribution is -2.32. The molecule has 0 amide bonds. The molecule has 2 nitrogen and oxygen atoms in total. The second-order valence-electron chi connectivity index (χ2n) is 4.37. The monoisotopic (exact) mass is 230 g/mol. The maximum Gasteiger partial charge on any atom is 0.417 e. The second-order valence-corrected chi connectivity index (χ2v) is 4.37. The number of halogens is 3. The molecule has 1 heterocycles. The molecule has 88 valence electrons. The summed E-state index contributed by atoms with van der Waals surface area (Å²) in [6.07, 6.45) is -1.62. The molecule has 2 N–H and O–H groups in total. The Bertz CT molecular complexity index is 377. The van der Waals surface area contributed by atoms with Crippen molar-refractivity contribution in [1.82, 2.24) is 4.98 Å². The predicted molar refractivity (Wildman–Crippen MR) is 53.8 cm³/mol. The zero-order chi connectivity index (χ0) is 12.0. The number of nitrogens with two attached hydrogens (primary N) is 1. The van der Waals surface area contributed by atoms with Gasteiger partial charge in [-0.2, -0.15) is 13.2 Å². The molecule has 1 saturated carbocycles. The molecule has 1 unspecified atom stereocenters. The van der Waals surface area contributed by atoms with Gasteiger partial charge < -0.3 is 5.73 Å². The summed E-state index contributed by atoms with van der Waals surface area (Å²) < 4.78 is 37.0. The Morgan fingerprint density at radius 2 is 2.00 bits per heavy atom. The van der Waals surface area contributed by atoms with Crippen LogP contribution in [0.2, 0.25) is 0 Å². The molecule has 16 heavy (non-hydrogen) atoms. The van der Waals surface area contributed by atoms with E-state index < -0.39 is 11.7 Å². The Morgan fingerprint density at radius 1 is 1.38 bits per heavy atom. The summed E-state index contributed by atoms with van der Waals surface area (Å²) >= 11 is 0. The van der Waals surface area contributed by atoms with Crippen molar-refractivity contribution in [3.05, 3.63) is 29.6 Å². The minimum absolute atomic E-state index is 0.0725. The van der Waals surface area contributed by atoms with E-state index in [4.69, 9.17) is 5.73 Å². The first-order chi connectivity index (χ1) is 7.36. The van der Waals surface area contributed by atoms with E-state index in [9.17, 15) is 13.2 Å². The molecular weight excluding hydrogens is 217 g/mol. The van der Waals surface area contributed by atoms with Crippen molar-refractivity contribution in [2.24, 2.45) is 5.73 Å². The zero-order valence-corrected chi connectivity index (χ0v) is 8.88. The largest absolute Gasteiger partial charge is 0.417 e. The Kier molecular flexibility index (Phi) is 2.45. The highest BCUT2D eigenvalue weighted by Gasteiger charge is 2.48. The van der Waals surface area contributed by atoms with Crippen molar-refractivity contribution in [3.63, 3.8) is 0 Å². The van der Waals surface area contributed by atoms with Crippen LogP contribution in [-0.2, 0) is 11.6 Å². The fourth-order valence-corrected chi connectivity index (χ4v) is 1.94. The van der Waals surface area contributed by atoms with Gasteiger partial charge in [0.2, 0.25) is 0 Å². The molecule has 1 aromatic heterocycles. The summed E-state index contributed by atoms with van der Waals surface area (Å²) in [5, 5.41) is 0. The van der Waals surface area contributed by atoms with Gasteiger partial charge in [0, 0.05) is 23.3 Å². The summed E-state index contributed by atoms with van der Waals surface area (Å²) in [5.74, 6) is 0. The van der Waals surface area contributed by atoms with Crippen molar-refractivity contribution >= 4 is 0 Å². The van der Waals surface area contributed by atoms with E-state index in [1.165, 1.54) is 6.07 Å². The Morgan fingerprint density at radius 3 is 2.31 bits per heavy atom. The first-order valence-corrected chi connectivity index (χ1v) is 5.15. The quantitative estimate of drug-likeness (QED) is 0.847. The molecule has 1 atom stereocenters. The van der Waals surface area contributed by atoms with Gasteiger partial charge in [0.15, 0.2) is 0 Å². The van der Waals surface area contributed by atoms with Crippen molar-refractivity contribution in [3.8, 4) is 0 Å². The lowest BCUT2D eigenvalue weighted by atomic mass is 9.94. The molecule has 0 saturated heterocycles. The predicted octanol–water partition coefficient (Wildman–Crippen LogP) is 2.48. The summed E-state index contributed by atoms with van der Waals surface area (Å²) in [4.78, 5) is 3.90. The third kappa shape index (κ3) is 1.80. The number of alkyl halides is 3. The lowest BCUT2D eigenvalue weighted by Gasteiger charge is -2.19. The number of pyridine rings is 1. The zero-order valence-electron chi connectivity index (χ0n) is 8.88. The molecule has 0 spiro atoms. The van der Waals surface area contributed by atoms with Crippen LogP contribution in [0.25, 0.3) is 0 Å². The maximum atomic E-state index is 12.3. The highest BCUT2D eigenvalue weighted by molar-refractivity contribution is 5.29. The molecule has 5 heteroatoms. The van der Waals surface area contributed by atoms with Crippen LogP contribution >= 0.6 is 0 Å². The van der Waals surface area contributed by atoms with Crippen LogP contribution < -0.4 is 5.73 Å². The van der Waals surface area contributed by atoms with Crippen LogP contribution in [0.4, 0.5) is 13.2 Å². The average Bonchev–Trinajstić information content (AvgIpc) is 2.97. The molecule has 0 bridgehead atoms. The minimum Gasteiger partial charge on any atom is -0.327 e. The van der Waals surface area contributed by atoms with Crippen molar-refractivity contribution in [2.45, 2.75) is 37.4 Å². The Hall–Kier alpha value is -1.10. The highest BCUT2D eigenvalue weighted by atomic mass is 19.4. The van der Waals surface area contributed by atoms with E-state index in [1.807, 2.05) is 6.92 Å². The molecule has 0 aliphatic heterocycles.